The number of carbonyl (C=O) groups excluding carboxylic acids is 1. The van der Waals surface area contributed by atoms with Gasteiger partial charge in [0.05, 0.1) is 27.2 Å². The van der Waals surface area contributed by atoms with Gasteiger partial charge in [-0.05, 0) is 71.8 Å². The minimum Gasteiger partial charge on any atom is -0.322 e. The van der Waals surface area contributed by atoms with Crippen molar-refractivity contribution in [1.82, 2.24) is 4.98 Å². The van der Waals surface area contributed by atoms with E-state index in [-0.39, 0.29) is 10.5 Å². The molecule has 8 heteroatoms. The summed E-state index contributed by atoms with van der Waals surface area (Å²) in [6.07, 6.45) is 2.76. The SMILES string of the molecule is CS(=O)(=O)c1ccc(C(=O)Nc2ccc(Cl)c(-c3ccccn3)c2)c(-c2cccc(C#N)c2)c1. The zero-order valence-corrected chi connectivity index (χ0v) is 19.6. The first-order valence-corrected chi connectivity index (χ1v) is 12.4. The molecule has 1 heterocycles. The van der Waals surface area contributed by atoms with Gasteiger partial charge in [0.25, 0.3) is 5.91 Å². The van der Waals surface area contributed by atoms with E-state index in [2.05, 4.69) is 16.4 Å². The molecule has 0 spiro atoms. The molecule has 1 N–H and O–H groups in total. The number of amides is 1. The van der Waals surface area contributed by atoms with Gasteiger partial charge in [-0.15, -0.1) is 0 Å². The summed E-state index contributed by atoms with van der Waals surface area (Å²) in [7, 11) is -3.51. The van der Waals surface area contributed by atoms with Crippen LogP contribution in [-0.4, -0.2) is 25.6 Å². The van der Waals surface area contributed by atoms with Crippen molar-refractivity contribution < 1.29 is 13.2 Å². The fraction of sp³-hybridized carbons (Fsp3) is 0.0385. The Bertz CT molecular complexity index is 1550. The van der Waals surface area contributed by atoms with Gasteiger partial charge >= 0.3 is 0 Å². The van der Waals surface area contributed by atoms with Crippen LogP contribution in [0.3, 0.4) is 0 Å². The zero-order chi connectivity index (χ0) is 24.3. The molecule has 168 valence electrons. The van der Waals surface area contributed by atoms with Crippen LogP contribution in [0.2, 0.25) is 5.02 Å². The predicted molar refractivity (Wildman–Crippen MR) is 132 cm³/mol. The van der Waals surface area contributed by atoms with Crippen LogP contribution in [0.1, 0.15) is 15.9 Å². The van der Waals surface area contributed by atoms with Crippen molar-refractivity contribution in [3.63, 3.8) is 0 Å². The number of halogens is 1. The third-order valence-corrected chi connectivity index (χ3v) is 6.57. The van der Waals surface area contributed by atoms with E-state index in [1.54, 1.807) is 54.7 Å². The van der Waals surface area contributed by atoms with Crippen LogP contribution in [0.15, 0.2) is 90.0 Å². The van der Waals surface area contributed by atoms with Gasteiger partial charge in [0.15, 0.2) is 9.84 Å². The summed E-state index contributed by atoms with van der Waals surface area (Å²) in [5.74, 6) is -0.438. The smallest absolute Gasteiger partial charge is 0.256 e. The number of aromatic nitrogens is 1. The van der Waals surface area contributed by atoms with Gasteiger partial charge in [0.2, 0.25) is 0 Å². The van der Waals surface area contributed by atoms with Crippen LogP contribution in [0.25, 0.3) is 22.4 Å². The Morgan fingerprint density at radius 1 is 0.971 bits per heavy atom. The van der Waals surface area contributed by atoms with E-state index in [1.165, 1.54) is 18.2 Å². The largest absolute Gasteiger partial charge is 0.322 e. The lowest BCUT2D eigenvalue weighted by atomic mass is 9.97. The van der Waals surface area contributed by atoms with Gasteiger partial charge < -0.3 is 5.32 Å². The molecule has 1 amide bonds. The van der Waals surface area contributed by atoms with Gasteiger partial charge in [-0.2, -0.15) is 5.26 Å². The molecular formula is C26H18ClN3O3S. The number of hydrogen-bond acceptors (Lipinski definition) is 5. The number of sulfone groups is 1. The van der Waals surface area contributed by atoms with Crippen LogP contribution < -0.4 is 5.32 Å². The molecule has 34 heavy (non-hydrogen) atoms. The van der Waals surface area contributed by atoms with Gasteiger partial charge in [-0.3, -0.25) is 9.78 Å². The number of hydrogen-bond donors (Lipinski definition) is 1. The maximum absolute atomic E-state index is 13.3. The number of carbonyl (C=O) groups is 1. The minimum atomic E-state index is -3.51. The van der Waals surface area contributed by atoms with Crippen molar-refractivity contribution in [2.75, 3.05) is 11.6 Å². The Morgan fingerprint density at radius 2 is 1.79 bits per heavy atom. The first-order valence-electron chi connectivity index (χ1n) is 10.1. The maximum atomic E-state index is 13.3. The molecule has 0 aliphatic heterocycles. The van der Waals surface area contributed by atoms with E-state index in [0.717, 1.165) is 6.26 Å². The number of benzene rings is 3. The van der Waals surface area contributed by atoms with E-state index in [1.807, 2.05) is 12.1 Å². The molecule has 0 radical (unpaired) electrons. The molecule has 6 nitrogen and oxygen atoms in total. The second kappa shape index (κ2) is 9.48. The highest BCUT2D eigenvalue weighted by atomic mass is 35.5. The Morgan fingerprint density at radius 3 is 2.50 bits per heavy atom. The van der Waals surface area contributed by atoms with E-state index < -0.39 is 15.7 Å². The summed E-state index contributed by atoms with van der Waals surface area (Å²) in [6, 6.07) is 23.5. The Kier molecular flexibility index (Phi) is 6.46. The fourth-order valence-electron chi connectivity index (χ4n) is 3.47. The monoisotopic (exact) mass is 487 g/mol. The summed E-state index contributed by atoms with van der Waals surface area (Å²) in [5.41, 5.74) is 3.43. The van der Waals surface area contributed by atoms with Gasteiger partial charge in [0, 0.05) is 29.3 Å². The first kappa shape index (κ1) is 23.2. The number of nitrogens with zero attached hydrogens (tertiary/aromatic N) is 2. The van der Waals surface area contributed by atoms with E-state index >= 15 is 0 Å². The minimum absolute atomic E-state index is 0.0744. The molecule has 0 aliphatic rings. The molecule has 4 rings (SSSR count). The summed E-state index contributed by atoms with van der Waals surface area (Å²) in [4.78, 5) is 17.7. The van der Waals surface area contributed by atoms with Crippen LogP contribution in [-0.2, 0) is 9.84 Å². The number of nitrogens with one attached hydrogen (secondary N) is 1. The van der Waals surface area contributed by atoms with E-state index in [9.17, 15) is 18.5 Å². The number of pyridine rings is 1. The molecule has 0 saturated heterocycles. The standard InChI is InChI=1S/C26H18ClN3O3S/c1-34(32,33)20-9-10-21(22(15-20)18-6-4-5-17(13-18)16-28)26(31)30-19-8-11-24(27)23(14-19)25-7-2-3-12-29-25/h2-15H,1H3,(H,30,31). The number of nitriles is 1. The van der Waals surface area contributed by atoms with E-state index in [0.29, 0.717) is 38.7 Å². The highest BCUT2D eigenvalue weighted by Gasteiger charge is 2.18. The van der Waals surface area contributed by atoms with Gasteiger partial charge in [-0.25, -0.2) is 8.42 Å². The third-order valence-electron chi connectivity index (χ3n) is 5.13. The topological polar surface area (TPSA) is 99.9 Å². The lowest BCUT2D eigenvalue weighted by Crippen LogP contribution is -2.14. The van der Waals surface area contributed by atoms with E-state index in [4.69, 9.17) is 11.6 Å². The molecule has 3 aromatic carbocycles. The maximum Gasteiger partial charge on any atom is 0.256 e. The third kappa shape index (κ3) is 4.99. The van der Waals surface area contributed by atoms with Crippen LogP contribution in [0.4, 0.5) is 5.69 Å². The molecule has 0 fully saturated rings. The highest BCUT2D eigenvalue weighted by molar-refractivity contribution is 7.90. The second-order valence-electron chi connectivity index (χ2n) is 7.54. The van der Waals surface area contributed by atoms with Gasteiger partial charge in [-0.1, -0.05) is 29.8 Å². The van der Waals surface area contributed by atoms with Crippen LogP contribution in [0, 0.1) is 11.3 Å². The Hall–Kier alpha value is -3.99. The fourth-order valence-corrected chi connectivity index (χ4v) is 4.33. The zero-order valence-electron chi connectivity index (χ0n) is 18.0. The van der Waals surface area contributed by atoms with Crippen LogP contribution >= 0.6 is 11.6 Å². The lowest BCUT2D eigenvalue weighted by Gasteiger charge is -2.13. The molecule has 1 aromatic heterocycles. The summed E-state index contributed by atoms with van der Waals surface area (Å²) < 4.78 is 24.3. The van der Waals surface area contributed by atoms with Crippen molar-refractivity contribution in [3.8, 4) is 28.5 Å². The normalized spacial score (nSPS) is 11.0. The van der Waals surface area contributed by atoms with Crippen molar-refractivity contribution in [3.05, 3.63) is 101 Å². The Labute approximate surface area is 202 Å². The molecule has 0 aliphatic carbocycles. The molecule has 0 saturated carbocycles. The number of rotatable bonds is 5. The average molecular weight is 488 g/mol. The lowest BCUT2D eigenvalue weighted by molar-refractivity contribution is 0.102. The summed E-state index contributed by atoms with van der Waals surface area (Å²) in [6.45, 7) is 0. The molecule has 0 unspecified atom stereocenters. The molecule has 0 atom stereocenters. The average Bonchev–Trinajstić information content (AvgIpc) is 2.84. The predicted octanol–water partition coefficient (Wildman–Crippen LogP) is 5.60. The van der Waals surface area contributed by atoms with Gasteiger partial charge in [0.1, 0.15) is 0 Å². The van der Waals surface area contributed by atoms with Crippen molar-refractivity contribution in [2.45, 2.75) is 4.90 Å². The molecular weight excluding hydrogens is 470 g/mol. The second-order valence-corrected chi connectivity index (χ2v) is 9.96. The quantitative estimate of drug-likeness (QED) is 0.395. The first-order chi connectivity index (χ1) is 16.3. The van der Waals surface area contributed by atoms with Crippen molar-refractivity contribution in [2.24, 2.45) is 0 Å². The molecule has 0 bridgehead atoms. The Balaban J connectivity index is 1.76. The number of anilines is 1. The van der Waals surface area contributed by atoms with Crippen LogP contribution in [0.5, 0.6) is 0 Å². The van der Waals surface area contributed by atoms with Crippen molar-refractivity contribution in [1.29, 1.82) is 5.26 Å². The highest BCUT2D eigenvalue weighted by Crippen LogP contribution is 2.31. The van der Waals surface area contributed by atoms with Crippen molar-refractivity contribution >= 4 is 33.0 Å². The summed E-state index contributed by atoms with van der Waals surface area (Å²) >= 11 is 6.34. The summed E-state index contributed by atoms with van der Waals surface area (Å²) in [5, 5.41) is 12.6. The molecule has 4 aromatic rings.